The Hall–Kier alpha value is -2.24. The highest BCUT2D eigenvalue weighted by Gasteiger charge is 2.26. The molecule has 1 atom stereocenters. The van der Waals surface area contributed by atoms with Crippen LogP contribution in [0.1, 0.15) is 35.3 Å². The molecule has 24 heavy (non-hydrogen) atoms. The van der Waals surface area contributed by atoms with E-state index in [1.54, 1.807) is 28.9 Å². The molecule has 0 N–H and O–H groups in total. The monoisotopic (exact) mass is 333 g/mol. The molecule has 1 saturated heterocycles. The number of aryl methyl sites for hydroxylation is 1. The molecule has 2 heterocycles. The lowest BCUT2D eigenvalue weighted by Crippen LogP contribution is -2.40. The standard InChI is InChI=1S/C18H21F2N3O/c1-22-11-9-17(21-22)18(24)23-10-3-4-13(12-23)7-8-14-15(19)5-2-6-16(14)20/h2,5-6,9,11,13H,3-4,7-8,10,12H2,1H3. The third kappa shape index (κ3) is 3.63. The van der Waals surface area contributed by atoms with Crippen molar-refractivity contribution in [3.8, 4) is 0 Å². The first-order valence-electron chi connectivity index (χ1n) is 8.26. The van der Waals surface area contributed by atoms with Gasteiger partial charge >= 0.3 is 0 Å². The van der Waals surface area contributed by atoms with Crippen LogP contribution >= 0.6 is 0 Å². The number of rotatable bonds is 4. The molecule has 1 aliphatic rings. The van der Waals surface area contributed by atoms with Crippen molar-refractivity contribution >= 4 is 5.91 Å². The van der Waals surface area contributed by atoms with Crippen molar-refractivity contribution in [3.63, 3.8) is 0 Å². The molecule has 1 aromatic carbocycles. The van der Waals surface area contributed by atoms with Gasteiger partial charge in [-0.05, 0) is 49.8 Å². The molecule has 0 spiro atoms. The van der Waals surface area contributed by atoms with Crippen molar-refractivity contribution in [1.82, 2.24) is 14.7 Å². The van der Waals surface area contributed by atoms with Gasteiger partial charge in [-0.15, -0.1) is 0 Å². The molecule has 3 rings (SSSR count). The third-order valence-electron chi connectivity index (χ3n) is 4.60. The summed E-state index contributed by atoms with van der Waals surface area (Å²) in [6.07, 6.45) is 4.65. The van der Waals surface area contributed by atoms with E-state index in [4.69, 9.17) is 0 Å². The summed E-state index contributed by atoms with van der Waals surface area (Å²) in [5, 5.41) is 4.15. The molecule has 0 aliphatic carbocycles. The molecule has 4 nitrogen and oxygen atoms in total. The molecular weight excluding hydrogens is 312 g/mol. The summed E-state index contributed by atoms with van der Waals surface area (Å²) in [6.45, 7) is 1.32. The first kappa shape index (κ1) is 16.6. The zero-order chi connectivity index (χ0) is 17.1. The van der Waals surface area contributed by atoms with Crippen LogP contribution < -0.4 is 0 Å². The van der Waals surface area contributed by atoms with Crippen LogP contribution in [0.2, 0.25) is 0 Å². The Morgan fingerprint density at radius 2 is 2.04 bits per heavy atom. The van der Waals surface area contributed by atoms with Crippen LogP contribution in [0, 0.1) is 17.6 Å². The highest BCUT2D eigenvalue weighted by Crippen LogP contribution is 2.24. The summed E-state index contributed by atoms with van der Waals surface area (Å²) in [5.41, 5.74) is 0.587. The molecule has 128 valence electrons. The second kappa shape index (κ2) is 7.11. The number of hydrogen-bond donors (Lipinski definition) is 0. The fourth-order valence-electron chi connectivity index (χ4n) is 3.30. The highest BCUT2D eigenvalue weighted by molar-refractivity contribution is 5.92. The number of nitrogens with zero attached hydrogens (tertiary/aromatic N) is 3. The van der Waals surface area contributed by atoms with Gasteiger partial charge in [0.2, 0.25) is 0 Å². The van der Waals surface area contributed by atoms with Crippen LogP contribution in [-0.4, -0.2) is 33.7 Å². The second-order valence-corrected chi connectivity index (χ2v) is 6.37. The molecule has 2 aromatic rings. The average Bonchev–Trinajstić information content (AvgIpc) is 3.00. The number of carbonyl (C=O) groups excluding carboxylic acids is 1. The molecule has 1 unspecified atom stereocenters. The smallest absolute Gasteiger partial charge is 0.274 e. The zero-order valence-corrected chi connectivity index (χ0v) is 13.7. The molecule has 0 saturated carbocycles. The predicted molar refractivity (Wildman–Crippen MR) is 86.5 cm³/mol. The minimum Gasteiger partial charge on any atom is -0.337 e. The predicted octanol–water partition coefficient (Wildman–Crippen LogP) is 3.18. The SMILES string of the molecule is Cn1ccc(C(=O)N2CCCC(CCc3c(F)cccc3F)C2)n1. The van der Waals surface area contributed by atoms with E-state index in [1.807, 2.05) is 0 Å². The Bertz CT molecular complexity index is 709. The number of aromatic nitrogens is 2. The zero-order valence-electron chi connectivity index (χ0n) is 13.7. The van der Waals surface area contributed by atoms with E-state index in [1.165, 1.54) is 18.2 Å². The summed E-state index contributed by atoms with van der Waals surface area (Å²) in [7, 11) is 1.78. The number of amides is 1. The van der Waals surface area contributed by atoms with Gasteiger partial charge in [-0.1, -0.05) is 6.07 Å². The summed E-state index contributed by atoms with van der Waals surface area (Å²) in [6, 6.07) is 5.66. The number of piperidine rings is 1. The summed E-state index contributed by atoms with van der Waals surface area (Å²) in [4.78, 5) is 14.3. The van der Waals surface area contributed by atoms with E-state index in [-0.39, 0.29) is 17.4 Å². The van der Waals surface area contributed by atoms with Crippen molar-refractivity contribution in [2.24, 2.45) is 13.0 Å². The molecule has 1 aliphatic heterocycles. The van der Waals surface area contributed by atoms with Gasteiger partial charge in [0, 0.05) is 31.9 Å². The van der Waals surface area contributed by atoms with Crippen molar-refractivity contribution < 1.29 is 13.6 Å². The van der Waals surface area contributed by atoms with Crippen LogP contribution in [0.25, 0.3) is 0 Å². The molecular formula is C18H21F2N3O. The summed E-state index contributed by atoms with van der Waals surface area (Å²) >= 11 is 0. The van der Waals surface area contributed by atoms with Gasteiger partial charge in [-0.3, -0.25) is 9.48 Å². The Morgan fingerprint density at radius 3 is 2.71 bits per heavy atom. The molecule has 1 aromatic heterocycles. The van der Waals surface area contributed by atoms with Crippen LogP contribution in [0.4, 0.5) is 8.78 Å². The Kier molecular flexibility index (Phi) is 4.92. The molecule has 1 fully saturated rings. The van der Waals surface area contributed by atoms with Gasteiger partial charge in [0.1, 0.15) is 17.3 Å². The lowest BCUT2D eigenvalue weighted by molar-refractivity contribution is 0.0661. The largest absolute Gasteiger partial charge is 0.337 e. The van der Waals surface area contributed by atoms with E-state index in [2.05, 4.69) is 5.10 Å². The Morgan fingerprint density at radius 1 is 1.29 bits per heavy atom. The minimum absolute atomic E-state index is 0.0719. The van der Waals surface area contributed by atoms with Gasteiger partial charge < -0.3 is 4.90 Å². The molecule has 0 bridgehead atoms. The number of halogens is 2. The number of hydrogen-bond acceptors (Lipinski definition) is 2. The fraction of sp³-hybridized carbons (Fsp3) is 0.444. The maximum Gasteiger partial charge on any atom is 0.274 e. The van der Waals surface area contributed by atoms with Crippen molar-refractivity contribution in [2.45, 2.75) is 25.7 Å². The number of carbonyl (C=O) groups is 1. The summed E-state index contributed by atoms with van der Waals surface area (Å²) in [5.74, 6) is -0.803. The third-order valence-corrected chi connectivity index (χ3v) is 4.60. The number of likely N-dealkylation sites (tertiary alicyclic amines) is 1. The average molecular weight is 333 g/mol. The Labute approximate surface area is 140 Å². The second-order valence-electron chi connectivity index (χ2n) is 6.37. The molecule has 6 heteroatoms. The van der Waals surface area contributed by atoms with Gasteiger partial charge in [0.15, 0.2) is 0 Å². The highest BCUT2D eigenvalue weighted by atomic mass is 19.1. The van der Waals surface area contributed by atoms with Gasteiger partial charge in [0.05, 0.1) is 0 Å². The molecule has 1 amide bonds. The van der Waals surface area contributed by atoms with Gasteiger partial charge in [0.25, 0.3) is 5.91 Å². The maximum absolute atomic E-state index is 13.7. The number of benzene rings is 1. The quantitative estimate of drug-likeness (QED) is 0.862. The van der Waals surface area contributed by atoms with Crippen LogP contribution in [0.3, 0.4) is 0 Å². The van der Waals surface area contributed by atoms with E-state index < -0.39 is 11.6 Å². The normalized spacial score (nSPS) is 18.0. The van der Waals surface area contributed by atoms with E-state index >= 15 is 0 Å². The van der Waals surface area contributed by atoms with E-state index in [0.29, 0.717) is 31.6 Å². The fourth-order valence-corrected chi connectivity index (χ4v) is 3.30. The van der Waals surface area contributed by atoms with Crippen LogP contribution in [0.15, 0.2) is 30.5 Å². The first-order valence-corrected chi connectivity index (χ1v) is 8.26. The minimum atomic E-state index is -0.493. The van der Waals surface area contributed by atoms with Crippen molar-refractivity contribution in [2.75, 3.05) is 13.1 Å². The first-order chi connectivity index (χ1) is 11.5. The van der Waals surface area contributed by atoms with E-state index in [0.717, 1.165) is 12.8 Å². The van der Waals surface area contributed by atoms with Crippen LogP contribution in [0.5, 0.6) is 0 Å². The van der Waals surface area contributed by atoms with Gasteiger partial charge in [-0.25, -0.2) is 8.78 Å². The lowest BCUT2D eigenvalue weighted by atomic mass is 9.91. The van der Waals surface area contributed by atoms with Crippen molar-refractivity contribution in [1.29, 1.82) is 0 Å². The van der Waals surface area contributed by atoms with Crippen LogP contribution in [-0.2, 0) is 13.5 Å². The Balaban J connectivity index is 1.60. The lowest BCUT2D eigenvalue weighted by Gasteiger charge is -2.32. The molecule has 0 radical (unpaired) electrons. The van der Waals surface area contributed by atoms with E-state index in [9.17, 15) is 13.6 Å². The topological polar surface area (TPSA) is 38.1 Å². The summed E-state index contributed by atoms with van der Waals surface area (Å²) < 4.78 is 29.0. The maximum atomic E-state index is 13.7. The van der Waals surface area contributed by atoms with Gasteiger partial charge in [-0.2, -0.15) is 5.10 Å². The van der Waals surface area contributed by atoms with Crippen molar-refractivity contribution in [3.05, 3.63) is 53.4 Å².